The predicted molar refractivity (Wildman–Crippen MR) is 60.4 cm³/mol. The third-order valence-electron chi connectivity index (χ3n) is 2.16. The summed E-state index contributed by atoms with van der Waals surface area (Å²) in [4.78, 5) is 2.38. The van der Waals surface area contributed by atoms with Crippen LogP contribution in [0.25, 0.3) is 0 Å². The number of thioether (sulfide) groups is 1. The fourth-order valence-corrected chi connectivity index (χ4v) is 2.86. The van der Waals surface area contributed by atoms with Crippen LogP contribution in [0.3, 0.4) is 0 Å². The van der Waals surface area contributed by atoms with Gasteiger partial charge in [0.1, 0.15) is 10.4 Å². The fraction of sp³-hybridized carbons (Fsp3) is 0.625. The van der Waals surface area contributed by atoms with Crippen LogP contribution in [-0.2, 0) is 7.05 Å². The zero-order chi connectivity index (χ0) is 9.26. The Hall–Kier alpha value is -0.160. The van der Waals surface area contributed by atoms with Gasteiger partial charge in [0, 0.05) is 37.7 Å². The van der Waals surface area contributed by atoms with E-state index in [1.54, 1.807) is 0 Å². The van der Waals surface area contributed by atoms with Gasteiger partial charge in [-0.15, -0.1) is 0 Å². The summed E-state index contributed by atoms with van der Waals surface area (Å²) in [7, 11) is 1.99. The molecular formula is C8H12BrN3S. The lowest BCUT2D eigenvalue weighted by Crippen LogP contribution is -2.33. The predicted octanol–water partition coefficient (Wildman–Crippen LogP) is 1.74. The molecule has 0 radical (unpaired) electrons. The number of rotatable bonds is 1. The van der Waals surface area contributed by atoms with Gasteiger partial charge < -0.3 is 4.90 Å². The Labute approximate surface area is 90.6 Å². The number of hydrogen-bond acceptors (Lipinski definition) is 3. The van der Waals surface area contributed by atoms with E-state index in [-0.39, 0.29) is 0 Å². The molecule has 0 saturated carbocycles. The highest BCUT2D eigenvalue weighted by Gasteiger charge is 2.14. The Morgan fingerprint density at radius 1 is 1.46 bits per heavy atom. The molecule has 0 aliphatic carbocycles. The second kappa shape index (κ2) is 3.92. The van der Waals surface area contributed by atoms with E-state index in [1.807, 2.05) is 23.5 Å². The maximum atomic E-state index is 4.27. The van der Waals surface area contributed by atoms with Crippen molar-refractivity contribution in [2.24, 2.45) is 7.05 Å². The summed E-state index contributed by atoms with van der Waals surface area (Å²) in [5.41, 5.74) is 0. The molecule has 1 fully saturated rings. The maximum Gasteiger partial charge on any atom is 0.130 e. The molecule has 1 aliphatic rings. The lowest BCUT2D eigenvalue weighted by molar-refractivity contribution is 0.716. The molecule has 0 unspecified atom stereocenters. The van der Waals surface area contributed by atoms with Gasteiger partial charge in [-0.3, -0.25) is 4.68 Å². The van der Waals surface area contributed by atoms with Gasteiger partial charge in [-0.1, -0.05) is 0 Å². The smallest absolute Gasteiger partial charge is 0.130 e. The van der Waals surface area contributed by atoms with Crippen molar-refractivity contribution in [2.45, 2.75) is 0 Å². The average Bonchev–Trinajstić information content (AvgIpc) is 2.47. The highest BCUT2D eigenvalue weighted by Crippen LogP contribution is 2.21. The minimum Gasteiger partial charge on any atom is -0.355 e. The molecule has 2 rings (SSSR count). The molecule has 0 atom stereocenters. The standard InChI is InChI=1S/C8H12BrN3S/c1-11-8(6-7(9)10-11)12-2-4-13-5-3-12/h6H,2-5H2,1H3. The van der Waals surface area contributed by atoms with Crippen LogP contribution < -0.4 is 4.90 Å². The van der Waals surface area contributed by atoms with Crippen LogP contribution in [-0.4, -0.2) is 34.4 Å². The second-order valence-electron chi connectivity index (χ2n) is 3.05. The Morgan fingerprint density at radius 3 is 2.69 bits per heavy atom. The van der Waals surface area contributed by atoms with Crippen LogP contribution in [0.4, 0.5) is 5.82 Å². The lowest BCUT2D eigenvalue weighted by atomic mass is 10.4. The number of nitrogens with zero attached hydrogens (tertiary/aromatic N) is 3. The quantitative estimate of drug-likeness (QED) is 0.769. The number of aromatic nitrogens is 2. The van der Waals surface area contributed by atoms with Gasteiger partial charge in [-0.25, -0.2) is 0 Å². The van der Waals surface area contributed by atoms with Crippen LogP contribution in [0.1, 0.15) is 0 Å². The molecule has 1 aromatic heterocycles. The van der Waals surface area contributed by atoms with Crippen LogP contribution >= 0.6 is 27.7 Å². The summed E-state index contributed by atoms with van der Waals surface area (Å²) in [6.45, 7) is 2.27. The Kier molecular flexibility index (Phi) is 2.83. The summed E-state index contributed by atoms with van der Waals surface area (Å²) in [6.07, 6.45) is 0. The summed E-state index contributed by atoms with van der Waals surface area (Å²) in [5.74, 6) is 3.66. The van der Waals surface area contributed by atoms with E-state index in [9.17, 15) is 0 Å². The molecule has 0 amide bonds. The van der Waals surface area contributed by atoms with E-state index >= 15 is 0 Å². The highest BCUT2D eigenvalue weighted by molar-refractivity contribution is 9.10. The van der Waals surface area contributed by atoms with Gasteiger partial charge in [0.2, 0.25) is 0 Å². The molecule has 3 nitrogen and oxygen atoms in total. The summed E-state index contributed by atoms with van der Waals surface area (Å²) >= 11 is 5.41. The van der Waals surface area contributed by atoms with Crippen LogP contribution in [0.15, 0.2) is 10.7 Å². The van der Waals surface area contributed by atoms with Gasteiger partial charge in [-0.05, 0) is 15.9 Å². The number of aryl methyl sites for hydroxylation is 1. The first-order valence-corrected chi connectivity index (χ1v) is 6.24. The van der Waals surface area contributed by atoms with Crippen molar-refractivity contribution in [3.05, 3.63) is 10.7 Å². The Bertz CT molecular complexity index is 294. The first-order chi connectivity index (χ1) is 6.27. The number of anilines is 1. The minimum absolute atomic E-state index is 0.920. The van der Waals surface area contributed by atoms with Crippen molar-refractivity contribution in [1.29, 1.82) is 0 Å². The summed E-state index contributed by atoms with van der Waals surface area (Å²) in [5, 5.41) is 4.27. The van der Waals surface area contributed by atoms with Crippen molar-refractivity contribution in [3.63, 3.8) is 0 Å². The molecule has 1 aromatic rings. The fourth-order valence-electron chi connectivity index (χ4n) is 1.51. The largest absolute Gasteiger partial charge is 0.355 e. The molecule has 1 aliphatic heterocycles. The van der Waals surface area contributed by atoms with Crippen LogP contribution in [0, 0.1) is 0 Å². The van der Waals surface area contributed by atoms with Crippen molar-refractivity contribution in [1.82, 2.24) is 9.78 Å². The van der Waals surface area contributed by atoms with Crippen molar-refractivity contribution < 1.29 is 0 Å². The van der Waals surface area contributed by atoms with Gasteiger partial charge in [0.05, 0.1) is 0 Å². The average molecular weight is 262 g/mol. The molecular weight excluding hydrogens is 250 g/mol. The van der Waals surface area contributed by atoms with E-state index in [0.29, 0.717) is 0 Å². The number of hydrogen-bond donors (Lipinski definition) is 0. The number of halogens is 1. The lowest BCUT2D eigenvalue weighted by Gasteiger charge is -2.27. The van der Waals surface area contributed by atoms with Crippen LogP contribution in [0.5, 0.6) is 0 Å². The molecule has 13 heavy (non-hydrogen) atoms. The van der Waals surface area contributed by atoms with Crippen molar-refractivity contribution >= 4 is 33.5 Å². The Balaban J connectivity index is 2.18. The van der Waals surface area contributed by atoms with Crippen molar-refractivity contribution in [2.75, 3.05) is 29.5 Å². The van der Waals surface area contributed by atoms with E-state index in [0.717, 1.165) is 17.7 Å². The molecule has 0 N–H and O–H groups in total. The molecule has 0 aromatic carbocycles. The molecule has 72 valence electrons. The highest BCUT2D eigenvalue weighted by atomic mass is 79.9. The zero-order valence-corrected chi connectivity index (χ0v) is 9.94. The topological polar surface area (TPSA) is 21.1 Å². The molecule has 1 saturated heterocycles. The first-order valence-electron chi connectivity index (χ1n) is 4.29. The molecule has 5 heteroatoms. The monoisotopic (exact) mass is 261 g/mol. The van der Waals surface area contributed by atoms with Gasteiger partial charge in [0.15, 0.2) is 0 Å². The molecule has 0 bridgehead atoms. The third kappa shape index (κ3) is 2.02. The van der Waals surface area contributed by atoms with Crippen molar-refractivity contribution in [3.8, 4) is 0 Å². The molecule has 0 spiro atoms. The second-order valence-corrected chi connectivity index (χ2v) is 5.09. The van der Waals surface area contributed by atoms with E-state index in [4.69, 9.17) is 0 Å². The maximum absolute atomic E-state index is 4.27. The molecule has 2 heterocycles. The Morgan fingerprint density at radius 2 is 2.15 bits per heavy atom. The summed E-state index contributed by atoms with van der Waals surface area (Å²) in [6, 6.07) is 2.08. The third-order valence-corrected chi connectivity index (χ3v) is 3.49. The first kappa shape index (κ1) is 9.40. The normalized spacial score (nSPS) is 17.8. The SMILES string of the molecule is Cn1nc(Br)cc1N1CCSCC1. The van der Waals surface area contributed by atoms with Gasteiger partial charge in [0.25, 0.3) is 0 Å². The van der Waals surface area contributed by atoms with Gasteiger partial charge >= 0.3 is 0 Å². The minimum atomic E-state index is 0.920. The summed E-state index contributed by atoms with van der Waals surface area (Å²) < 4.78 is 2.85. The zero-order valence-electron chi connectivity index (χ0n) is 7.53. The van der Waals surface area contributed by atoms with E-state index in [2.05, 4.69) is 32.0 Å². The van der Waals surface area contributed by atoms with E-state index in [1.165, 1.54) is 17.3 Å². The van der Waals surface area contributed by atoms with Gasteiger partial charge in [-0.2, -0.15) is 16.9 Å². The van der Waals surface area contributed by atoms with Crippen LogP contribution in [0.2, 0.25) is 0 Å². The van der Waals surface area contributed by atoms with E-state index < -0.39 is 0 Å².